The van der Waals surface area contributed by atoms with Gasteiger partial charge in [-0.05, 0) is 44.5 Å². The average molecular weight is 330 g/mol. The van der Waals surface area contributed by atoms with Crippen LogP contribution in [0.5, 0.6) is 0 Å². The number of amides is 2. The third kappa shape index (κ3) is 3.87. The second-order valence-electron chi connectivity index (χ2n) is 6.81. The van der Waals surface area contributed by atoms with Crippen molar-refractivity contribution in [2.45, 2.75) is 38.8 Å². The van der Waals surface area contributed by atoms with Crippen molar-refractivity contribution in [3.63, 3.8) is 0 Å². The van der Waals surface area contributed by atoms with Crippen LogP contribution < -0.4 is 15.5 Å². The molecule has 0 aromatic heterocycles. The number of carbonyl (C=O) groups is 2. The number of carbonyl (C=O) groups excluding carboxylic acids is 2. The minimum absolute atomic E-state index is 0.186. The summed E-state index contributed by atoms with van der Waals surface area (Å²) in [4.78, 5) is 27.9. The Morgan fingerprint density at radius 1 is 1.08 bits per heavy atom. The van der Waals surface area contributed by atoms with Gasteiger partial charge in [0.25, 0.3) is 0 Å². The first kappa shape index (κ1) is 16.8. The molecule has 1 aromatic carbocycles. The molecule has 0 aliphatic carbocycles. The second-order valence-corrected chi connectivity index (χ2v) is 6.81. The van der Waals surface area contributed by atoms with Gasteiger partial charge in [0.15, 0.2) is 0 Å². The minimum Gasteiger partial charge on any atom is -0.374 e. The van der Waals surface area contributed by atoms with Gasteiger partial charge in [0.2, 0.25) is 11.8 Å². The summed E-state index contributed by atoms with van der Waals surface area (Å²) in [6.07, 6.45) is 0.936. The van der Waals surface area contributed by atoms with Crippen molar-refractivity contribution in [2.75, 3.05) is 36.4 Å². The van der Waals surface area contributed by atoms with Crippen molar-refractivity contribution in [3.05, 3.63) is 24.3 Å². The van der Waals surface area contributed by atoms with Crippen LogP contribution in [0.4, 0.5) is 11.4 Å². The van der Waals surface area contributed by atoms with Crippen LogP contribution in [-0.2, 0) is 9.59 Å². The zero-order chi connectivity index (χ0) is 17.1. The summed E-state index contributed by atoms with van der Waals surface area (Å²) in [6.45, 7) is 8.74. The van der Waals surface area contributed by atoms with E-state index < -0.39 is 0 Å². The number of piperazine rings is 1. The van der Waals surface area contributed by atoms with Crippen LogP contribution in [0.25, 0.3) is 0 Å². The first-order valence-corrected chi connectivity index (χ1v) is 8.72. The molecule has 1 atom stereocenters. The molecule has 2 aliphatic rings. The van der Waals surface area contributed by atoms with Gasteiger partial charge in [-0.15, -0.1) is 0 Å². The van der Waals surface area contributed by atoms with Crippen molar-refractivity contribution in [1.82, 2.24) is 10.2 Å². The van der Waals surface area contributed by atoms with E-state index in [0.717, 1.165) is 31.9 Å². The summed E-state index contributed by atoms with van der Waals surface area (Å²) < 4.78 is 0. The first-order valence-electron chi connectivity index (χ1n) is 8.72. The third-order valence-electron chi connectivity index (χ3n) is 4.86. The topological polar surface area (TPSA) is 64.7 Å². The van der Waals surface area contributed by atoms with E-state index in [1.54, 1.807) is 0 Å². The molecular formula is C18H26N4O2. The highest BCUT2D eigenvalue weighted by Crippen LogP contribution is 2.21. The summed E-state index contributed by atoms with van der Waals surface area (Å²) in [7, 11) is 0. The maximum atomic E-state index is 11.8. The molecule has 2 aliphatic heterocycles. The maximum Gasteiger partial charge on any atom is 0.249 e. The predicted octanol–water partition coefficient (Wildman–Crippen LogP) is 1.43. The molecule has 2 heterocycles. The Hall–Kier alpha value is -2.08. The molecule has 1 aromatic rings. The number of hydrogen-bond acceptors (Lipinski definition) is 5. The van der Waals surface area contributed by atoms with Crippen molar-refractivity contribution in [3.8, 4) is 0 Å². The Kier molecular flexibility index (Phi) is 5.04. The lowest BCUT2D eigenvalue weighted by atomic mass is 10.1. The van der Waals surface area contributed by atoms with Crippen molar-refractivity contribution in [2.24, 2.45) is 0 Å². The molecule has 2 N–H and O–H groups in total. The van der Waals surface area contributed by atoms with Gasteiger partial charge in [-0.2, -0.15) is 0 Å². The second kappa shape index (κ2) is 7.21. The summed E-state index contributed by atoms with van der Waals surface area (Å²) in [6, 6.07) is 8.48. The molecule has 6 heteroatoms. The number of rotatable bonds is 4. The zero-order valence-electron chi connectivity index (χ0n) is 14.4. The number of benzene rings is 1. The van der Waals surface area contributed by atoms with Crippen LogP contribution in [0.15, 0.2) is 24.3 Å². The van der Waals surface area contributed by atoms with Gasteiger partial charge in [-0.25, -0.2) is 0 Å². The fourth-order valence-electron chi connectivity index (χ4n) is 3.30. The summed E-state index contributed by atoms with van der Waals surface area (Å²) in [5, 5.41) is 5.58. The molecule has 24 heavy (non-hydrogen) atoms. The number of hydrogen-bond donors (Lipinski definition) is 2. The highest BCUT2D eigenvalue weighted by atomic mass is 16.2. The van der Waals surface area contributed by atoms with Crippen LogP contribution in [0.3, 0.4) is 0 Å². The Morgan fingerprint density at radius 2 is 1.75 bits per heavy atom. The summed E-state index contributed by atoms with van der Waals surface area (Å²) in [5.74, 6) is -0.422. The minimum atomic E-state index is -0.330. The molecule has 1 unspecified atom stereocenters. The lowest BCUT2D eigenvalue weighted by Gasteiger charge is -2.38. The van der Waals surface area contributed by atoms with Crippen LogP contribution in [0.1, 0.15) is 26.7 Å². The van der Waals surface area contributed by atoms with Crippen LogP contribution in [-0.4, -0.2) is 55.0 Å². The van der Waals surface area contributed by atoms with Gasteiger partial charge < -0.3 is 10.2 Å². The number of nitrogens with zero attached hydrogens (tertiary/aromatic N) is 2. The van der Waals surface area contributed by atoms with E-state index in [1.165, 1.54) is 5.69 Å². The van der Waals surface area contributed by atoms with E-state index in [-0.39, 0.29) is 17.9 Å². The van der Waals surface area contributed by atoms with Crippen molar-refractivity contribution in [1.29, 1.82) is 0 Å². The van der Waals surface area contributed by atoms with Crippen molar-refractivity contribution < 1.29 is 9.59 Å². The monoisotopic (exact) mass is 330 g/mol. The van der Waals surface area contributed by atoms with Gasteiger partial charge in [-0.1, -0.05) is 0 Å². The molecule has 0 spiro atoms. The van der Waals surface area contributed by atoms with Gasteiger partial charge >= 0.3 is 0 Å². The Morgan fingerprint density at radius 3 is 2.33 bits per heavy atom. The van der Waals surface area contributed by atoms with Crippen molar-refractivity contribution >= 4 is 23.2 Å². The number of nitrogens with one attached hydrogen (secondary N) is 2. The van der Waals surface area contributed by atoms with Crippen LogP contribution in [0.2, 0.25) is 0 Å². The van der Waals surface area contributed by atoms with E-state index in [0.29, 0.717) is 18.9 Å². The molecular weight excluding hydrogens is 304 g/mol. The van der Waals surface area contributed by atoms with E-state index in [2.05, 4.69) is 46.4 Å². The largest absolute Gasteiger partial charge is 0.374 e. The van der Waals surface area contributed by atoms with Gasteiger partial charge in [0, 0.05) is 50.0 Å². The zero-order valence-corrected chi connectivity index (χ0v) is 14.4. The summed E-state index contributed by atoms with van der Waals surface area (Å²) in [5.41, 5.74) is 2.13. The fourth-order valence-corrected chi connectivity index (χ4v) is 3.30. The normalized spacial score (nSPS) is 22.6. The lowest BCUT2D eigenvalue weighted by molar-refractivity contribution is -0.133. The van der Waals surface area contributed by atoms with Crippen LogP contribution >= 0.6 is 0 Å². The highest BCUT2D eigenvalue weighted by molar-refractivity contribution is 6.01. The smallest absolute Gasteiger partial charge is 0.249 e. The highest BCUT2D eigenvalue weighted by Gasteiger charge is 2.26. The Bertz CT molecular complexity index is 592. The summed E-state index contributed by atoms with van der Waals surface area (Å²) >= 11 is 0. The number of piperidine rings is 1. The third-order valence-corrected chi connectivity index (χ3v) is 4.86. The molecule has 2 saturated heterocycles. The fraction of sp³-hybridized carbons (Fsp3) is 0.556. The Balaban J connectivity index is 1.56. The predicted molar refractivity (Wildman–Crippen MR) is 95.2 cm³/mol. The first-order chi connectivity index (χ1) is 11.5. The van der Waals surface area contributed by atoms with Crippen LogP contribution in [0, 0.1) is 0 Å². The van der Waals surface area contributed by atoms with E-state index in [4.69, 9.17) is 0 Å². The molecule has 3 rings (SSSR count). The molecule has 0 bridgehead atoms. The Labute approximate surface area is 143 Å². The quantitative estimate of drug-likeness (QED) is 0.818. The molecule has 0 saturated carbocycles. The van der Waals surface area contributed by atoms with E-state index >= 15 is 0 Å². The molecule has 2 amide bonds. The maximum absolute atomic E-state index is 11.8. The number of anilines is 2. The van der Waals surface area contributed by atoms with Gasteiger partial charge in [0.05, 0.1) is 0 Å². The van der Waals surface area contributed by atoms with Gasteiger partial charge in [0.1, 0.15) is 6.04 Å². The SMILES string of the molecule is CC(C)N1CCN(c2ccc(NC3CCC(=O)NC3=O)cc2)CC1. The van der Waals surface area contributed by atoms with Gasteiger partial charge in [-0.3, -0.25) is 19.8 Å². The standard InChI is InChI=1S/C18H26N4O2/c1-13(2)21-9-11-22(12-10-21)15-5-3-14(4-6-15)19-16-7-8-17(23)20-18(16)24/h3-6,13,16,19H,7-12H2,1-2H3,(H,20,23,24). The molecule has 130 valence electrons. The number of imide groups is 1. The molecule has 6 nitrogen and oxygen atoms in total. The van der Waals surface area contributed by atoms with E-state index in [9.17, 15) is 9.59 Å². The lowest BCUT2D eigenvalue weighted by Crippen LogP contribution is -2.48. The molecule has 2 fully saturated rings. The molecule has 0 radical (unpaired) electrons. The average Bonchev–Trinajstić information content (AvgIpc) is 2.58. The van der Waals surface area contributed by atoms with E-state index in [1.807, 2.05) is 12.1 Å².